The van der Waals surface area contributed by atoms with E-state index >= 15 is 0 Å². The van der Waals surface area contributed by atoms with Crippen LogP contribution in [0.1, 0.15) is 33.6 Å². The van der Waals surface area contributed by atoms with Crippen molar-refractivity contribution in [1.29, 1.82) is 0 Å². The number of benzene rings is 1. The maximum absolute atomic E-state index is 13.2. The fraction of sp³-hybridized carbons (Fsp3) is 0.421. The minimum Gasteiger partial charge on any atom is -0.496 e. The first kappa shape index (κ1) is 18.5. The van der Waals surface area contributed by atoms with E-state index in [1.165, 1.54) is 25.3 Å². The Morgan fingerprint density at radius 2 is 1.86 bits per heavy atom. The van der Waals surface area contributed by atoms with Gasteiger partial charge in [-0.1, -0.05) is 12.1 Å². The zero-order valence-corrected chi connectivity index (χ0v) is 14.8. The van der Waals surface area contributed by atoms with Gasteiger partial charge in [-0.3, -0.25) is 24.5 Å². The van der Waals surface area contributed by atoms with Crippen LogP contribution in [0.25, 0.3) is 0 Å². The normalized spacial score (nSPS) is 31.8. The molecule has 2 N–H and O–H groups in total. The van der Waals surface area contributed by atoms with E-state index in [1.807, 2.05) is 0 Å². The summed E-state index contributed by atoms with van der Waals surface area (Å²) in [7, 11) is 1.30. The number of ether oxygens (including phenoxy) is 1. The zero-order chi connectivity index (χ0) is 20.3. The molecule has 146 valence electrons. The summed E-state index contributed by atoms with van der Waals surface area (Å²) in [6.45, 7) is 0. The highest BCUT2D eigenvalue weighted by Gasteiger charge is 2.59. The minimum absolute atomic E-state index is 0.0473. The number of carbonyl (C=O) groups excluding carboxylic acids is 3. The first-order valence-corrected chi connectivity index (χ1v) is 8.82. The molecule has 5 atom stereocenters. The molecule has 0 saturated heterocycles. The first-order valence-electron chi connectivity index (χ1n) is 8.82. The molecule has 0 spiro atoms. The van der Waals surface area contributed by atoms with Crippen LogP contribution in [0.15, 0.2) is 29.3 Å². The molecule has 9 heteroatoms. The molecule has 9 nitrogen and oxygen atoms in total. The molecular formula is C19H17NO8. The molecule has 1 saturated carbocycles. The molecule has 0 amide bonds. The molecule has 28 heavy (non-hydrogen) atoms. The van der Waals surface area contributed by atoms with E-state index < -0.39 is 63.5 Å². The topological polar surface area (TPSA) is 144 Å². The lowest BCUT2D eigenvalue weighted by Crippen LogP contribution is -2.56. The van der Waals surface area contributed by atoms with Crippen molar-refractivity contribution in [2.24, 2.45) is 11.8 Å². The Labute approximate surface area is 158 Å². The van der Waals surface area contributed by atoms with Crippen molar-refractivity contribution in [3.8, 4) is 5.75 Å². The van der Waals surface area contributed by atoms with Crippen LogP contribution >= 0.6 is 0 Å². The van der Waals surface area contributed by atoms with Gasteiger partial charge >= 0.3 is 0 Å². The molecule has 0 heterocycles. The number of methoxy groups -OCH3 is 1. The van der Waals surface area contributed by atoms with Gasteiger partial charge in [-0.05, 0) is 18.9 Å². The summed E-state index contributed by atoms with van der Waals surface area (Å²) in [6, 6.07) is 2.60. The number of fused-ring (bicyclic) bond motifs is 2. The van der Waals surface area contributed by atoms with E-state index in [2.05, 4.69) is 0 Å². The minimum atomic E-state index is -1.71. The number of aliphatic hydroxyl groups is 2. The molecule has 1 fully saturated rings. The number of carbonyl (C=O) groups is 3. The Morgan fingerprint density at radius 3 is 2.50 bits per heavy atom. The lowest BCUT2D eigenvalue weighted by molar-refractivity contribution is -0.526. The molecule has 4 rings (SSSR count). The number of Topliss-reactive ketones (excluding diaryl/α,β-unsaturated/α-hetero) is 3. The molecule has 0 radical (unpaired) electrons. The number of ketones is 3. The number of allylic oxidation sites excluding steroid dienone is 1. The number of nitro groups is 1. The third-order valence-corrected chi connectivity index (χ3v) is 5.88. The van der Waals surface area contributed by atoms with Gasteiger partial charge in [0.2, 0.25) is 11.8 Å². The predicted molar refractivity (Wildman–Crippen MR) is 92.7 cm³/mol. The summed E-state index contributed by atoms with van der Waals surface area (Å²) in [5.41, 5.74) is -1.16. The second-order valence-corrected chi connectivity index (χ2v) is 7.30. The summed E-state index contributed by atoms with van der Waals surface area (Å²) in [4.78, 5) is 50.5. The second kappa shape index (κ2) is 6.32. The van der Waals surface area contributed by atoms with Gasteiger partial charge in [0.1, 0.15) is 5.75 Å². The van der Waals surface area contributed by atoms with Crippen LogP contribution in [0.2, 0.25) is 0 Å². The largest absolute Gasteiger partial charge is 0.496 e. The van der Waals surface area contributed by atoms with Gasteiger partial charge in [-0.2, -0.15) is 0 Å². The average Bonchev–Trinajstić information content (AvgIpc) is 2.65. The SMILES string of the molecule is COc1cccc2c1C(=O)C1=C(C2=O)C(=O)C2CC(O)CC(O)C2C1[N+](=O)[O-]. The van der Waals surface area contributed by atoms with E-state index in [-0.39, 0.29) is 29.7 Å². The van der Waals surface area contributed by atoms with Crippen molar-refractivity contribution in [3.05, 3.63) is 50.6 Å². The quantitative estimate of drug-likeness (QED) is 0.420. The van der Waals surface area contributed by atoms with Crippen molar-refractivity contribution < 1.29 is 34.3 Å². The van der Waals surface area contributed by atoms with Gasteiger partial charge in [-0.15, -0.1) is 0 Å². The monoisotopic (exact) mass is 387 g/mol. The fourth-order valence-corrected chi connectivity index (χ4v) is 4.74. The van der Waals surface area contributed by atoms with Gasteiger partial charge < -0.3 is 14.9 Å². The summed E-state index contributed by atoms with van der Waals surface area (Å²) in [5.74, 6) is -4.52. The van der Waals surface area contributed by atoms with E-state index in [1.54, 1.807) is 0 Å². The highest BCUT2D eigenvalue weighted by atomic mass is 16.6. The standard InChI is InChI=1S/C19H17NO8/c1-28-11-4-2-3-8-13(11)19(25)14-15(17(8)23)18(24)9-5-7(21)6-10(22)12(9)16(14)20(26)27/h2-4,7,9-10,12,16,21-22H,5-6H2,1H3. The zero-order valence-electron chi connectivity index (χ0n) is 14.8. The molecule has 3 aliphatic rings. The summed E-state index contributed by atoms with van der Waals surface area (Å²) in [6.07, 6.45) is -2.60. The fourth-order valence-electron chi connectivity index (χ4n) is 4.74. The average molecular weight is 387 g/mol. The molecule has 0 aromatic heterocycles. The third kappa shape index (κ3) is 2.36. The van der Waals surface area contributed by atoms with Crippen molar-refractivity contribution in [2.45, 2.75) is 31.1 Å². The van der Waals surface area contributed by atoms with Gasteiger partial charge in [0.15, 0.2) is 11.6 Å². The number of hydrogen-bond acceptors (Lipinski definition) is 8. The van der Waals surface area contributed by atoms with Crippen LogP contribution in [0.5, 0.6) is 5.75 Å². The van der Waals surface area contributed by atoms with Crippen molar-refractivity contribution >= 4 is 17.3 Å². The Balaban J connectivity index is 1.98. The molecule has 0 aliphatic heterocycles. The first-order chi connectivity index (χ1) is 13.3. The Bertz CT molecular complexity index is 965. The number of aliphatic hydroxyl groups excluding tert-OH is 2. The Kier molecular flexibility index (Phi) is 4.16. The van der Waals surface area contributed by atoms with Crippen LogP contribution in [-0.2, 0) is 4.79 Å². The number of hydrogen-bond donors (Lipinski definition) is 2. The predicted octanol–water partition coefficient (Wildman–Crippen LogP) is 0.347. The second-order valence-electron chi connectivity index (χ2n) is 7.30. The summed E-state index contributed by atoms with van der Waals surface area (Å²) in [5, 5.41) is 32.2. The molecule has 1 aromatic rings. The molecule has 3 aliphatic carbocycles. The molecule has 1 aromatic carbocycles. The maximum atomic E-state index is 13.2. The van der Waals surface area contributed by atoms with Gasteiger partial charge in [0.25, 0.3) is 0 Å². The van der Waals surface area contributed by atoms with E-state index in [9.17, 15) is 34.7 Å². The smallest absolute Gasteiger partial charge is 0.248 e. The highest BCUT2D eigenvalue weighted by molar-refractivity contribution is 6.38. The van der Waals surface area contributed by atoms with E-state index in [4.69, 9.17) is 4.74 Å². The van der Waals surface area contributed by atoms with Gasteiger partial charge in [0, 0.05) is 16.4 Å². The van der Waals surface area contributed by atoms with Crippen molar-refractivity contribution in [2.75, 3.05) is 7.11 Å². The van der Waals surface area contributed by atoms with Crippen LogP contribution in [-0.4, -0.2) is 57.8 Å². The van der Waals surface area contributed by atoms with Crippen LogP contribution in [0.4, 0.5) is 0 Å². The molecule has 0 bridgehead atoms. The Morgan fingerprint density at radius 1 is 1.14 bits per heavy atom. The van der Waals surface area contributed by atoms with Gasteiger partial charge in [-0.25, -0.2) is 0 Å². The lowest BCUT2D eigenvalue weighted by Gasteiger charge is -2.42. The van der Waals surface area contributed by atoms with Gasteiger partial charge in [0.05, 0.1) is 41.9 Å². The van der Waals surface area contributed by atoms with Crippen LogP contribution in [0, 0.1) is 22.0 Å². The van der Waals surface area contributed by atoms with Crippen LogP contribution in [0.3, 0.4) is 0 Å². The number of rotatable bonds is 2. The third-order valence-electron chi connectivity index (χ3n) is 5.88. The lowest BCUT2D eigenvalue weighted by atomic mass is 9.60. The Hall–Kier alpha value is -2.91. The van der Waals surface area contributed by atoms with Crippen molar-refractivity contribution in [1.82, 2.24) is 0 Å². The molecule has 5 unspecified atom stereocenters. The highest BCUT2D eigenvalue weighted by Crippen LogP contribution is 2.47. The van der Waals surface area contributed by atoms with E-state index in [0.717, 1.165) is 0 Å². The summed E-state index contributed by atoms with van der Waals surface area (Å²) < 4.78 is 5.14. The van der Waals surface area contributed by atoms with Crippen molar-refractivity contribution in [3.63, 3.8) is 0 Å². The molecular weight excluding hydrogens is 370 g/mol. The summed E-state index contributed by atoms with van der Waals surface area (Å²) >= 11 is 0. The van der Waals surface area contributed by atoms with Crippen LogP contribution < -0.4 is 4.74 Å². The number of nitrogens with zero attached hydrogens (tertiary/aromatic N) is 1. The maximum Gasteiger partial charge on any atom is 0.248 e. The van der Waals surface area contributed by atoms with E-state index in [0.29, 0.717) is 0 Å².